The van der Waals surface area contributed by atoms with Crippen molar-refractivity contribution in [1.29, 1.82) is 0 Å². The molecule has 3 aliphatic rings. The number of aliphatic imine (C=N–C) groups is 1. The molecule has 38 nitrogen and oxygen atoms in total. The zero-order valence-corrected chi connectivity index (χ0v) is 65.1. The minimum Gasteiger partial charge on any atom is -0.508 e. The summed E-state index contributed by atoms with van der Waals surface area (Å²) in [5, 5.41) is 111. The van der Waals surface area contributed by atoms with Crippen LogP contribution in [-0.4, -0.2) is 281 Å². The number of amides is 13. The van der Waals surface area contributed by atoms with Crippen LogP contribution in [-0.2, 0) is 78.3 Å². The fourth-order valence-electron chi connectivity index (χ4n) is 12.9. The number of benzene rings is 1. The Kier molecular flexibility index (Phi) is 41.7. The lowest BCUT2D eigenvalue weighted by Gasteiger charge is -2.34. The van der Waals surface area contributed by atoms with Gasteiger partial charge in [0.2, 0.25) is 76.8 Å². The van der Waals surface area contributed by atoms with Crippen LogP contribution in [0.25, 0.3) is 0 Å². The predicted molar refractivity (Wildman–Crippen MR) is 401 cm³/mol. The Hall–Kier alpha value is -8.92. The van der Waals surface area contributed by atoms with Crippen molar-refractivity contribution in [3.05, 3.63) is 29.8 Å². The predicted octanol–water partition coefficient (Wildman–Crippen LogP) is -5.02. The summed E-state index contributed by atoms with van der Waals surface area (Å²) < 4.78 is 5.98. The number of phenols is 1. The van der Waals surface area contributed by atoms with Gasteiger partial charge in [-0.15, -0.1) is 12.4 Å². The largest absolute Gasteiger partial charge is 0.508 e. The van der Waals surface area contributed by atoms with Crippen molar-refractivity contribution in [3.63, 3.8) is 0 Å². The molecular weight excluding hydrogens is 1480 g/mol. The van der Waals surface area contributed by atoms with E-state index in [0.29, 0.717) is 23.3 Å². The molecule has 0 bridgehead atoms. The number of carbonyl (C=O) groups is 14. The Labute approximate surface area is 651 Å². The normalized spacial score (nSPS) is 27.7. The number of halogens is 1. The van der Waals surface area contributed by atoms with E-state index in [1.165, 1.54) is 52.0 Å². The second-order valence-corrected chi connectivity index (χ2v) is 28.9. The molecule has 19 atom stereocenters. The summed E-state index contributed by atoms with van der Waals surface area (Å²) in [5.41, 5.74) is 11.2. The molecule has 111 heavy (non-hydrogen) atoms. The van der Waals surface area contributed by atoms with Crippen LogP contribution >= 0.6 is 12.4 Å². The second kappa shape index (κ2) is 48.1. The number of hydrogen-bond donors (Lipinski definition) is 20. The molecule has 13 amide bonds. The molecule has 3 aliphatic heterocycles. The molecule has 3 saturated heterocycles. The van der Waals surface area contributed by atoms with E-state index in [-0.39, 0.29) is 56.8 Å². The number of unbranched alkanes of at least 4 members (excludes halogenated alkanes) is 10. The topological polar surface area (TPSA) is 601 Å². The van der Waals surface area contributed by atoms with Gasteiger partial charge < -0.3 is 120 Å². The first-order valence-electron chi connectivity index (χ1n) is 37.7. The third-order valence-corrected chi connectivity index (χ3v) is 19.2. The van der Waals surface area contributed by atoms with Gasteiger partial charge in [0, 0.05) is 32.5 Å². The summed E-state index contributed by atoms with van der Waals surface area (Å²) >= 11 is 0. The maximum Gasteiger partial charge on any atom is 0.328 e. The van der Waals surface area contributed by atoms with E-state index in [1.807, 2.05) is 0 Å². The third-order valence-electron chi connectivity index (χ3n) is 19.2. The van der Waals surface area contributed by atoms with Crippen LogP contribution in [0.15, 0.2) is 29.3 Å². The number of nitrogens with one attached hydrogen (secondary N) is 10. The molecule has 39 heteroatoms. The van der Waals surface area contributed by atoms with Gasteiger partial charge in [0.05, 0.1) is 68.5 Å². The number of nitrogens with two attached hydrogens (primary N) is 2. The highest BCUT2D eigenvalue weighted by Gasteiger charge is 2.48. The molecule has 3 heterocycles. The van der Waals surface area contributed by atoms with E-state index >= 15 is 0 Å². The molecule has 3 fully saturated rings. The number of ether oxygens (including phenoxy) is 1. The van der Waals surface area contributed by atoms with Crippen LogP contribution in [0, 0.1) is 5.92 Å². The highest BCUT2D eigenvalue weighted by Crippen LogP contribution is 2.25. The first-order chi connectivity index (χ1) is 51.9. The van der Waals surface area contributed by atoms with Gasteiger partial charge in [0.15, 0.2) is 0 Å². The Morgan fingerprint density at radius 1 is 0.577 bits per heavy atom. The summed E-state index contributed by atoms with van der Waals surface area (Å²) in [6.07, 6.45) is -5.19. The molecule has 1 aromatic carbocycles. The van der Waals surface area contributed by atoms with Crippen LogP contribution in [0.2, 0.25) is 0 Å². The fourth-order valence-corrected chi connectivity index (χ4v) is 12.9. The van der Waals surface area contributed by atoms with Crippen LogP contribution < -0.4 is 64.6 Å². The number of carbonyl (C=O) groups excluding carboxylic acids is 14. The van der Waals surface area contributed by atoms with Crippen LogP contribution in [0.3, 0.4) is 0 Å². The molecule has 0 aromatic heterocycles. The number of esters is 1. The van der Waals surface area contributed by atoms with Crippen LogP contribution in [0.1, 0.15) is 177 Å². The number of hydrogen-bond acceptors (Lipinski definition) is 24. The Morgan fingerprint density at radius 3 is 1.64 bits per heavy atom. The molecule has 0 spiro atoms. The first-order valence-corrected chi connectivity index (χ1v) is 37.7. The first kappa shape index (κ1) is 96.3. The van der Waals surface area contributed by atoms with Crippen molar-refractivity contribution in [2.45, 2.75) is 293 Å². The number of cyclic esters (lactones) is 1. The Balaban J connectivity index is 0.0000319. The van der Waals surface area contributed by atoms with E-state index in [4.69, 9.17) is 16.2 Å². The highest BCUT2D eigenvalue weighted by molar-refractivity contribution is 6.00. The fraction of sp³-hybridized carbons (Fsp3) is 0.708. The average molecular weight is 1600 g/mol. The van der Waals surface area contributed by atoms with Gasteiger partial charge in [-0.1, -0.05) is 97.1 Å². The monoisotopic (exact) mass is 1600 g/mol. The van der Waals surface area contributed by atoms with Gasteiger partial charge in [-0.2, -0.15) is 0 Å². The number of aliphatic hydroxyl groups is 7. The number of aromatic hydroxyl groups is 1. The lowest BCUT2D eigenvalue weighted by atomic mass is 9.99. The second-order valence-electron chi connectivity index (χ2n) is 28.9. The maximum absolute atomic E-state index is 14.8. The standard InChI is InChI=1S/C72H117N15O23.ClH/c1-9-10-11-12-13-14-15-16-17-18-19-21-46-32-53(97)80-56(39(5)88)66(103)77-38(4)62(99)79-48(30-43-23-25-44(92)26-24-43)63(100)82-55(37(2)3)70(107)87-35-45(93)31-49(87)64(101)83-58(41(7)90)68(105)84-59(42(8)91)71(108)86-29-27-50(94)61(86)69(106)85-60(51(95)33-52(74)96)65(102)76-34-54(98)81-57(40(6)89)67(104)78-47(72(109)110-46)22-20-28-75-36-73;/h23-26,36-42,45-51,55-61,88-95H,9-22,27-35H2,1-8H3,(H2,73,75)(H2,74,96)(H,76,102)(H,77,103)(H,78,104)(H,79,99)(H,80,97)(H,81,98)(H,82,100)(H,83,101)(H,84,105)(H,85,106);1H. The van der Waals surface area contributed by atoms with E-state index in [0.717, 1.165) is 89.8 Å². The van der Waals surface area contributed by atoms with Crippen LogP contribution in [0.5, 0.6) is 5.75 Å². The molecule has 22 N–H and O–H groups in total. The van der Waals surface area contributed by atoms with Crippen LogP contribution in [0.4, 0.5) is 0 Å². The summed E-state index contributed by atoms with van der Waals surface area (Å²) in [5.74, 6) is -17.2. The number of primary amides is 1. The summed E-state index contributed by atoms with van der Waals surface area (Å²) in [4.78, 5) is 203. The van der Waals surface area contributed by atoms with E-state index < -0.39 is 243 Å². The third kappa shape index (κ3) is 31.3. The van der Waals surface area contributed by atoms with Gasteiger partial charge in [-0.3, -0.25) is 67.3 Å². The Morgan fingerprint density at radius 2 is 1.08 bits per heavy atom. The van der Waals surface area contributed by atoms with Crippen molar-refractivity contribution in [1.82, 2.24) is 63.0 Å². The molecular formula is C72H118ClN15O23. The average Bonchev–Trinajstić information content (AvgIpc) is 1.69. The lowest BCUT2D eigenvalue weighted by molar-refractivity contribution is -0.155. The minimum atomic E-state index is -2.23. The highest BCUT2D eigenvalue weighted by atomic mass is 35.5. The molecule has 4 rings (SSSR count). The van der Waals surface area contributed by atoms with Gasteiger partial charge in [-0.05, 0) is 90.3 Å². The molecule has 19 unspecified atom stereocenters. The minimum absolute atomic E-state index is 0. The molecule has 0 aliphatic carbocycles. The number of fused-ring (bicyclic) bond motifs is 2. The maximum atomic E-state index is 14.8. The number of nitrogens with zero attached hydrogens (tertiary/aromatic N) is 3. The lowest BCUT2D eigenvalue weighted by Crippen LogP contribution is -2.64. The number of phenolic OH excluding ortho intramolecular Hbond substituents is 1. The molecule has 1 aromatic rings. The van der Waals surface area contributed by atoms with Crippen molar-refractivity contribution in [2.24, 2.45) is 22.4 Å². The van der Waals surface area contributed by atoms with Crippen molar-refractivity contribution < 1.29 is 113 Å². The number of rotatable bonds is 26. The van der Waals surface area contributed by atoms with Crippen molar-refractivity contribution in [3.8, 4) is 5.75 Å². The zero-order chi connectivity index (χ0) is 82.2. The zero-order valence-electron chi connectivity index (χ0n) is 64.3. The summed E-state index contributed by atoms with van der Waals surface area (Å²) in [7, 11) is 0. The van der Waals surface area contributed by atoms with Crippen molar-refractivity contribution >= 4 is 102 Å². The summed E-state index contributed by atoms with van der Waals surface area (Å²) in [6.45, 7) is 8.69. The van der Waals surface area contributed by atoms with E-state index in [9.17, 15) is 108 Å². The quantitative estimate of drug-likeness (QED) is 0.0179. The van der Waals surface area contributed by atoms with Gasteiger partial charge in [0.25, 0.3) is 0 Å². The molecule has 626 valence electrons. The molecule has 0 saturated carbocycles. The van der Waals surface area contributed by atoms with Gasteiger partial charge in [-0.25, -0.2) is 4.79 Å². The molecule has 0 radical (unpaired) electrons. The van der Waals surface area contributed by atoms with Gasteiger partial charge >= 0.3 is 5.97 Å². The van der Waals surface area contributed by atoms with Gasteiger partial charge in [0.1, 0.15) is 78.3 Å². The smallest absolute Gasteiger partial charge is 0.328 e. The van der Waals surface area contributed by atoms with E-state index in [2.05, 4.69) is 65.1 Å². The van der Waals surface area contributed by atoms with E-state index in [1.54, 1.807) is 0 Å². The van der Waals surface area contributed by atoms with Crippen molar-refractivity contribution in [2.75, 3.05) is 26.2 Å². The summed E-state index contributed by atoms with van der Waals surface area (Å²) in [6, 6.07) is -14.4. The SMILES string of the molecule is CCCCCCCCCCCCCC1CC(=O)NC(C(C)O)C(=O)NC(C)C(=O)NC(Cc2ccc(O)cc2)C(=O)NC(C(C)C)C(=O)N2CC(O)CC2C(=O)NC(C(C)O)C(=O)NC(C(C)O)C(=O)N2CCC(O)C2C(=O)NC(C(O)CC(N)=O)C(=O)NCC(=O)NC(C(C)O)C(=O)NC(CCCN=CN)C(=O)O1.Cl. The Bertz CT molecular complexity index is 3300. The number of aliphatic hydroxyl groups excluding tert-OH is 7.